The van der Waals surface area contributed by atoms with Crippen molar-refractivity contribution in [2.24, 2.45) is 0 Å². The van der Waals surface area contributed by atoms with Gasteiger partial charge in [-0.15, -0.1) is 0 Å². The number of carbonyl (C=O) groups excluding carboxylic acids is 2. The first-order valence-electron chi connectivity index (χ1n) is 8.30. The van der Waals surface area contributed by atoms with Crippen LogP contribution in [0.15, 0.2) is 65.6 Å². The van der Waals surface area contributed by atoms with Gasteiger partial charge in [-0.25, -0.2) is 4.79 Å². The van der Waals surface area contributed by atoms with Gasteiger partial charge in [-0.3, -0.25) is 9.59 Å². The summed E-state index contributed by atoms with van der Waals surface area (Å²) in [6.07, 6.45) is -3.06. The number of nitrogens with one attached hydrogen (secondary N) is 3. The zero-order valence-electron chi connectivity index (χ0n) is 14.7. The largest absolute Gasteiger partial charge is 0.417 e. The predicted octanol–water partition coefficient (Wildman–Crippen LogP) is 4.52. The number of aldehydes is 1. The first-order chi connectivity index (χ1) is 13.8. The van der Waals surface area contributed by atoms with Crippen molar-refractivity contribution in [2.75, 3.05) is 10.6 Å². The standard InChI is InChI=1S/C20H14F3N3O3/c21-20(22,23)17-9-16(7-3-14(17)11-27)26-19(29)25-15-5-1-12(2-6-15)13-4-8-18(28)24-10-13/h1-11H,(H,24,28)(H2,25,26,29). The van der Waals surface area contributed by atoms with Crippen LogP contribution in [0.25, 0.3) is 11.1 Å². The Labute approximate surface area is 162 Å². The molecule has 1 heterocycles. The van der Waals surface area contributed by atoms with E-state index in [2.05, 4.69) is 15.6 Å². The van der Waals surface area contributed by atoms with Gasteiger partial charge in [0, 0.05) is 29.2 Å². The lowest BCUT2D eigenvalue weighted by atomic mass is 10.1. The number of alkyl halides is 3. The van der Waals surface area contributed by atoms with E-state index >= 15 is 0 Å². The van der Waals surface area contributed by atoms with Crippen LogP contribution in [0.4, 0.5) is 29.3 Å². The summed E-state index contributed by atoms with van der Waals surface area (Å²) in [4.78, 5) is 36.5. The molecule has 29 heavy (non-hydrogen) atoms. The molecular weight excluding hydrogens is 387 g/mol. The Hall–Kier alpha value is -3.88. The second kappa shape index (κ2) is 8.01. The van der Waals surface area contributed by atoms with Crippen molar-refractivity contribution in [1.82, 2.24) is 4.98 Å². The normalized spacial score (nSPS) is 11.0. The minimum atomic E-state index is -4.72. The topological polar surface area (TPSA) is 91.1 Å². The minimum Gasteiger partial charge on any atom is -0.328 e. The molecular formula is C20H14F3N3O3. The number of benzene rings is 2. The van der Waals surface area contributed by atoms with E-state index in [0.717, 1.165) is 17.2 Å². The first kappa shape index (κ1) is 19.9. The minimum absolute atomic E-state index is 0.106. The number of H-pyrrole nitrogens is 1. The first-order valence-corrected chi connectivity index (χ1v) is 8.30. The Morgan fingerprint density at radius 1 is 0.897 bits per heavy atom. The van der Waals surface area contributed by atoms with Crippen LogP contribution < -0.4 is 16.2 Å². The summed E-state index contributed by atoms with van der Waals surface area (Å²) >= 11 is 0. The molecule has 0 fully saturated rings. The molecule has 0 aliphatic heterocycles. The van der Waals surface area contributed by atoms with Crippen LogP contribution in [0.1, 0.15) is 15.9 Å². The molecule has 9 heteroatoms. The van der Waals surface area contributed by atoms with Crippen LogP contribution in [0.2, 0.25) is 0 Å². The highest BCUT2D eigenvalue weighted by atomic mass is 19.4. The number of halogens is 3. The number of aromatic nitrogens is 1. The average molecular weight is 401 g/mol. The predicted molar refractivity (Wildman–Crippen MR) is 102 cm³/mol. The zero-order chi connectivity index (χ0) is 21.0. The number of pyridine rings is 1. The summed E-state index contributed by atoms with van der Waals surface area (Å²) in [5.74, 6) is 0. The van der Waals surface area contributed by atoms with Crippen molar-refractivity contribution >= 4 is 23.7 Å². The zero-order valence-corrected chi connectivity index (χ0v) is 14.7. The lowest BCUT2D eigenvalue weighted by Gasteiger charge is -2.13. The molecule has 0 aliphatic carbocycles. The van der Waals surface area contributed by atoms with Crippen molar-refractivity contribution in [1.29, 1.82) is 0 Å². The third kappa shape index (κ3) is 4.89. The molecule has 0 saturated carbocycles. The summed E-state index contributed by atoms with van der Waals surface area (Å²) < 4.78 is 39.0. The van der Waals surface area contributed by atoms with Gasteiger partial charge in [-0.1, -0.05) is 12.1 Å². The Bertz CT molecular complexity index is 1090. The van der Waals surface area contributed by atoms with Gasteiger partial charge >= 0.3 is 12.2 Å². The maximum Gasteiger partial charge on any atom is 0.417 e. The van der Waals surface area contributed by atoms with E-state index in [1.807, 2.05) is 0 Å². The van der Waals surface area contributed by atoms with E-state index in [0.29, 0.717) is 11.8 Å². The maximum absolute atomic E-state index is 13.0. The number of hydrogen-bond donors (Lipinski definition) is 3. The molecule has 6 nitrogen and oxygen atoms in total. The molecule has 0 atom stereocenters. The fourth-order valence-corrected chi connectivity index (χ4v) is 2.61. The van der Waals surface area contributed by atoms with Crippen LogP contribution in [0.3, 0.4) is 0 Å². The van der Waals surface area contributed by atoms with Gasteiger partial charge in [0.25, 0.3) is 0 Å². The molecule has 0 spiro atoms. The molecule has 3 rings (SSSR count). The molecule has 0 bridgehead atoms. The Kier molecular flexibility index (Phi) is 5.49. The SMILES string of the molecule is O=Cc1ccc(NC(=O)Nc2ccc(-c3ccc(=O)[nH]c3)cc2)cc1C(F)(F)F. The van der Waals surface area contributed by atoms with E-state index in [9.17, 15) is 27.6 Å². The van der Waals surface area contributed by atoms with Crippen molar-refractivity contribution in [2.45, 2.75) is 6.18 Å². The van der Waals surface area contributed by atoms with Gasteiger partial charge in [-0.05, 0) is 47.5 Å². The summed E-state index contributed by atoms with van der Waals surface area (Å²) in [6, 6.07) is 11.8. The molecule has 2 amide bonds. The quantitative estimate of drug-likeness (QED) is 0.562. The van der Waals surface area contributed by atoms with Gasteiger partial charge in [0.2, 0.25) is 5.56 Å². The van der Waals surface area contributed by atoms with Crippen LogP contribution >= 0.6 is 0 Å². The number of hydrogen-bond acceptors (Lipinski definition) is 3. The van der Waals surface area contributed by atoms with E-state index in [-0.39, 0.29) is 17.5 Å². The summed E-state index contributed by atoms with van der Waals surface area (Å²) in [5, 5.41) is 4.81. The maximum atomic E-state index is 13.0. The van der Waals surface area contributed by atoms with Gasteiger partial charge in [0.15, 0.2) is 6.29 Å². The molecule has 3 aromatic rings. The number of urea groups is 1. The molecule has 1 aromatic heterocycles. The number of carbonyl (C=O) groups is 2. The number of amides is 2. The number of rotatable bonds is 4. The Balaban J connectivity index is 1.70. The molecule has 3 N–H and O–H groups in total. The second-order valence-electron chi connectivity index (χ2n) is 6.02. The van der Waals surface area contributed by atoms with Crippen LogP contribution in [0, 0.1) is 0 Å². The van der Waals surface area contributed by atoms with Crippen LogP contribution in [-0.4, -0.2) is 17.3 Å². The molecule has 0 radical (unpaired) electrons. The molecule has 0 aliphatic rings. The van der Waals surface area contributed by atoms with Gasteiger partial charge in [0.05, 0.1) is 5.56 Å². The molecule has 0 saturated heterocycles. The highest BCUT2D eigenvalue weighted by Gasteiger charge is 2.33. The van der Waals surface area contributed by atoms with Gasteiger partial charge in [0.1, 0.15) is 0 Å². The molecule has 148 valence electrons. The Morgan fingerprint density at radius 2 is 1.52 bits per heavy atom. The number of aromatic amines is 1. The lowest BCUT2D eigenvalue weighted by Crippen LogP contribution is -2.20. The highest BCUT2D eigenvalue weighted by molar-refractivity contribution is 6.00. The Morgan fingerprint density at radius 3 is 2.10 bits per heavy atom. The lowest BCUT2D eigenvalue weighted by molar-refractivity contribution is -0.137. The average Bonchev–Trinajstić information content (AvgIpc) is 2.68. The third-order valence-electron chi connectivity index (χ3n) is 4.00. The second-order valence-corrected chi connectivity index (χ2v) is 6.02. The van der Waals surface area contributed by atoms with Crippen molar-refractivity contribution < 1.29 is 22.8 Å². The van der Waals surface area contributed by atoms with Crippen LogP contribution in [-0.2, 0) is 6.18 Å². The number of anilines is 2. The monoisotopic (exact) mass is 401 g/mol. The van der Waals surface area contributed by atoms with Gasteiger partial charge in [-0.2, -0.15) is 13.2 Å². The highest BCUT2D eigenvalue weighted by Crippen LogP contribution is 2.33. The summed E-state index contributed by atoms with van der Waals surface area (Å²) in [5.41, 5.74) is 0.0129. The summed E-state index contributed by atoms with van der Waals surface area (Å²) in [7, 11) is 0. The van der Waals surface area contributed by atoms with E-state index in [1.165, 1.54) is 12.1 Å². The van der Waals surface area contributed by atoms with Crippen molar-refractivity contribution in [3.8, 4) is 11.1 Å². The van der Waals surface area contributed by atoms with Gasteiger partial charge < -0.3 is 15.6 Å². The van der Waals surface area contributed by atoms with E-state index in [4.69, 9.17) is 0 Å². The van der Waals surface area contributed by atoms with Crippen LogP contribution in [0.5, 0.6) is 0 Å². The fourth-order valence-electron chi connectivity index (χ4n) is 2.61. The third-order valence-corrected chi connectivity index (χ3v) is 4.00. The van der Waals surface area contributed by atoms with Crippen molar-refractivity contribution in [3.63, 3.8) is 0 Å². The van der Waals surface area contributed by atoms with Crippen molar-refractivity contribution in [3.05, 3.63) is 82.3 Å². The van der Waals surface area contributed by atoms with E-state index < -0.39 is 23.3 Å². The fraction of sp³-hybridized carbons (Fsp3) is 0.0500. The molecule has 0 unspecified atom stereocenters. The smallest absolute Gasteiger partial charge is 0.328 e. The van der Waals surface area contributed by atoms with E-state index in [1.54, 1.807) is 36.5 Å². The molecule has 2 aromatic carbocycles. The summed E-state index contributed by atoms with van der Waals surface area (Å²) in [6.45, 7) is 0.